The number of hydrogen-bond donors (Lipinski definition) is 0. The number of nitrogens with zero attached hydrogens (tertiary/aromatic N) is 2. The SMILES string of the molecule is COc1ccc(C(=O)CSc2nc(C)ns2)cc1F. The van der Waals surface area contributed by atoms with E-state index in [1.54, 1.807) is 13.0 Å². The highest BCUT2D eigenvalue weighted by molar-refractivity contribution is 8.01. The van der Waals surface area contributed by atoms with E-state index in [9.17, 15) is 9.18 Å². The predicted octanol–water partition coefficient (Wildman–Crippen LogP) is 2.97. The summed E-state index contributed by atoms with van der Waals surface area (Å²) >= 11 is 2.55. The van der Waals surface area contributed by atoms with E-state index in [2.05, 4.69) is 9.36 Å². The number of ether oxygens (including phenoxy) is 1. The maximum atomic E-state index is 13.5. The van der Waals surface area contributed by atoms with Crippen LogP contribution < -0.4 is 4.74 Å². The summed E-state index contributed by atoms with van der Waals surface area (Å²) in [6.07, 6.45) is 0. The smallest absolute Gasteiger partial charge is 0.173 e. The van der Waals surface area contributed by atoms with Crippen LogP contribution in [0, 0.1) is 12.7 Å². The maximum absolute atomic E-state index is 13.5. The van der Waals surface area contributed by atoms with Gasteiger partial charge in [-0.25, -0.2) is 9.37 Å². The minimum atomic E-state index is -0.537. The zero-order chi connectivity index (χ0) is 13.8. The van der Waals surface area contributed by atoms with Crippen LogP contribution in [-0.2, 0) is 0 Å². The number of benzene rings is 1. The molecule has 4 nitrogen and oxygen atoms in total. The highest BCUT2D eigenvalue weighted by atomic mass is 32.2. The number of aromatic nitrogens is 2. The molecule has 100 valence electrons. The van der Waals surface area contributed by atoms with Crippen molar-refractivity contribution in [1.29, 1.82) is 0 Å². The molecule has 0 atom stereocenters. The lowest BCUT2D eigenvalue weighted by atomic mass is 10.1. The van der Waals surface area contributed by atoms with Crippen LogP contribution in [0.5, 0.6) is 5.75 Å². The standard InChI is InChI=1S/C12H11FN2O2S2/c1-7-14-12(19-15-7)18-6-10(16)8-3-4-11(17-2)9(13)5-8/h3-5H,6H2,1-2H3. The number of halogens is 1. The van der Waals surface area contributed by atoms with Gasteiger partial charge in [0.2, 0.25) is 0 Å². The van der Waals surface area contributed by atoms with Crippen LogP contribution in [0.1, 0.15) is 16.2 Å². The summed E-state index contributed by atoms with van der Waals surface area (Å²) in [4.78, 5) is 16.1. The Morgan fingerprint density at radius 3 is 2.89 bits per heavy atom. The third-order valence-electron chi connectivity index (χ3n) is 2.31. The zero-order valence-corrected chi connectivity index (χ0v) is 12.0. The molecule has 2 aromatic rings. The van der Waals surface area contributed by atoms with Crippen LogP contribution in [0.15, 0.2) is 22.5 Å². The van der Waals surface area contributed by atoms with Crippen LogP contribution in [-0.4, -0.2) is 28.0 Å². The molecule has 0 saturated carbocycles. The molecule has 0 saturated heterocycles. The second kappa shape index (κ2) is 6.12. The molecule has 0 fully saturated rings. The van der Waals surface area contributed by atoms with Crippen molar-refractivity contribution in [2.24, 2.45) is 0 Å². The van der Waals surface area contributed by atoms with Crippen LogP contribution in [0.4, 0.5) is 4.39 Å². The fourth-order valence-electron chi connectivity index (χ4n) is 1.39. The number of methoxy groups -OCH3 is 1. The van der Waals surface area contributed by atoms with Crippen molar-refractivity contribution in [3.8, 4) is 5.75 Å². The van der Waals surface area contributed by atoms with Gasteiger partial charge in [0.1, 0.15) is 5.82 Å². The van der Waals surface area contributed by atoms with Crippen molar-refractivity contribution in [2.75, 3.05) is 12.9 Å². The molecule has 0 radical (unpaired) electrons. The summed E-state index contributed by atoms with van der Waals surface area (Å²) in [5.41, 5.74) is 0.326. The number of hydrogen-bond acceptors (Lipinski definition) is 6. The quantitative estimate of drug-likeness (QED) is 0.627. The second-order valence-corrected chi connectivity index (χ2v) is 5.64. The summed E-state index contributed by atoms with van der Waals surface area (Å²) in [7, 11) is 1.38. The molecule has 0 spiro atoms. The van der Waals surface area contributed by atoms with E-state index in [0.29, 0.717) is 11.4 Å². The van der Waals surface area contributed by atoms with Crippen LogP contribution >= 0.6 is 23.3 Å². The number of rotatable bonds is 5. The maximum Gasteiger partial charge on any atom is 0.173 e. The van der Waals surface area contributed by atoms with Crippen molar-refractivity contribution in [1.82, 2.24) is 9.36 Å². The largest absolute Gasteiger partial charge is 0.494 e. The summed E-state index contributed by atoms with van der Waals surface area (Å²) < 4.78 is 23.0. The van der Waals surface area contributed by atoms with Crippen LogP contribution in [0.2, 0.25) is 0 Å². The molecular formula is C12H11FN2O2S2. The summed E-state index contributed by atoms with van der Waals surface area (Å²) in [6, 6.07) is 4.19. The molecule has 19 heavy (non-hydrogen) atoms. The third-order valence-corrected chi connectivity index (χ3v) is 4.23. The van der Waals surface area contributed by atoms with Crippen molar-refractivity contribution >= 4 is 29.1 Å². The molecular weight excluding hydrogens is 287 g/mol. The van der Waals surface area contributed by atoms with Crippen molar-refractivity contribution in [2.45, 2.75) is 11.3 Å². The average Bonchev–Trinajstić information content (AvgIpc) is 2.81. The molecule has 0 aliphatic carbocycles. The number of ketones is 1. The molecule has 0 amide bonds. The molecule has 1 aromatic carbocycles. The summed E-state index contributed by atoms with van der Waals surface area (Å²) in [6.45, 7) is 1.79. The van der Waals surface area contributed by atoms with E-state index in [-0.39, 0.29) is 17.3 Å². The zero-order valence-electron chi connectivity index (χ0n) is 10.3. The molecule has 0 N–H and O–H groups in total. The van der Waals surface area contributed by atoms with Gasteiger partial charge < -0.3 is 4.74 Å². The van der Waals surface area contributed by atoms with E-state index < -0.39 is 5.82 Å². The van der Waals surface area contributed by atoms with Crippen LogP contribution in [0.3, 0.4) is 0 Å². The first kappa shape index (κ1) is 14.0. The highest BCUT2D eigenvalue weighted by Gasteiger charge is 2.12. The van der Waals surface area contributed by atoms with Gasteiger partial charge in [-0.15, -0.1) is 0 Å². The van der Waals surface area contributed by atoms with Crippen molar-refractivity contribution in [3.63, 3.8) is 0 Å². The molecule has 1 heterocycles. The fraction of sp³-hybridized carbons (Fsp3) is 0.250. The Morgan fingerprint density at radius 2 is 2.32 bits per heavy atom. The van der Waals surface area contributed by atoms with E-state index in [1.165, 1.54) is 42.5 Å². The van der Waals surface area contributed by atoms with Gasteiger partial charge in [0.25, 0.3) is 0 Å². The molecule has 0 aliphatic rings. The van der Waals surface area contributed by atoms with E-state index in [0.717, 1.165) is 4.34 Å². The molecule has 1 aromatic heterocycles. The molecule has 2 rings (SSSR count). The van der Waals surface area contributed by atoms with Crippen molar-refractivity contribution < 1.29 is 13.9 Å². The van der Waals surface area contributed by atoms with E-state index in [4.69, 9.17) is 4.74 Å². The monoisotopic (exact) mass is 298 g/mol. The van der Waals surface area contributed by atoms with Gasteiger partial charge in [0.05, 0.1) is 12.9 Å². The number of aryl methyl sites for hydroxylation is 1. The predicted molar refractivity (Wildman–Crippen MR) is 72.7 cm³/mol. The van der Waals surface area contributed by atoms with Gasteiger partial charge in [-0.05, 0) is 36.7 Å². The first-order chi connectivity index (χ1) is 9.10. The number of carbonyl (C=O) groups is 1. The normalized spacial score (nSPS) is 10.5. The Hall–Kier alpha value is -1.47. The molecule has 0 bridgehead atoms. The molecule has 7 heteroatoms. The lowest BCUT2D eigenvalue weighted by Gasteiger charge is -2.03. The van der Waals surface area contributed by atoms with Gasteiger partial charge in [-0.1, -0.05) is 11.8 Å². The Morgan fingerprint density at radius 1 is 1.53 bits per heavy atom. The summed E-state index contributed by atoms with van der Waals surface area (Å²) in [5.74, 6) is 0.337. The second-order valence-electron chi connectivity index (χ2n) is 3.67. The molecule has 0 unspecified atom stereocenters. The lowest BCUT2D eigenvalue weighted by molar-refractivity contribution is 0.102. The van der Waals surface area contributed by atoms with Gasteiger partial charge in [-0.2, -0.15) is 4.37 Å². The van der Waals surface area contributed by atoms with Gasteiger partial charge in [-0.3, -0.25) is 4.79 Å². The van der Waals surface area contributed by atoms with E-state index >= 15 is 0 Å². The van der Waals surface area contributed by atoms with E-state index in [1.807, 2.05) is 0 Å². The topological polar surface area (TPSA) is 52.1 Å². The van der Waals surface area contributed by atoms with Crippen molar-refractivity contribution in [3.05, 3.63) is 35.4 Å². The Balaban J connectivity index is 2.01. The first-order valence-corrected chi connectivity index (χ1v) is 7.16. The number of thioether (sulfide) groups is 1. The average molecular weight is 298 g/mol. The minimum absolute atomic E-state index is 0.129. The lowest BCUT2D eigenvalue weighted by Crippen LogP contribution is -2.03. The highest BCUT2D eigenvalue weighted by Crippen LogP contribution is 2.23. The number of carbonyl (C=O) groups excluding carboxylic acids is 1. The number of Topliss-reactive ketones (excluding diaryl/α,β-unsaturated/α-hetero) is 1. The Labute approximate surface area is 118 Å². The molecule has 0 aliphatic heterocycles. The Kier molecular flexibility index (Phi) is 4.49. The summed E-state index contributed by atoms with van der Waals surface area (Å²) in [5, 5.41) is 0. The Bertz CT molecular complexity index is 601. The van der Waals surface area contributed by atoms with Crippen LogP contribution in [0.25, 0.3) is 0 Å². The minimum Gasteiger partial charge on any atom is -0.494 e. The van der Waals surface area contributed by atoms with Gasteiger partial charge in [0, 0.05) is 5.56 Å². The third kappa shape index (κ3) is 3.51. The first-order valence-electron chi connectivity index (χ1n) is 5.40. The fourth-order valence-corrected chi connectivity index (χ4v) is 2.93. The van der Waals surface area contributed by atoms with Gasteiger partial charge >= 0.3 is 0 Å². The van der Waals surface area contributed by atoms with Gasteiger partial charge in [0.15, 0.2) is 21.7 Å².